The van der Waals surface area contributed by atoms with Gasteiger partial charge >= 0.3 is 5.97 Å². The maximum atomic E-state index is 13.0. The maximum Gasteiger partial charge on any atom is 0.325 e. The van der Waals surface area contributed by atoms with Crippen molar-refractivity contribution in [3.63, 3.8) is 0 Å². The van der Waals surface area contributed by atoms with Gasteiger partial charge in [0, 0.05) is 0 Å². The molecule has 484 valence electrons. The molecule has 86 heavy (non-hydrogen) atoms. The Morgan fingerprint density at radius 3 is 0.349 bits per heavy atom. The molecule has 0 aromatic heterocycles. The van der Waals surface area contributed by atoms with E-state index in [1.54, 1.807) is 0 Å². The molecule has 0 aliphatic carbocycles. The Hall–Kier alpha value is -9.05. The molecule has 35 heteroatoms. The van der Waals surface area contributed by atoms with Crippen molar-refractivity contribution in [3.05, 3.63) is 0 Å². The summed E-state index contributed by atoms with van der Waals surface area (Å²) in [7, 11) is 0. The minimum atomic E-state index is -1.29. The van der Waals surface area contributed by atoms with E-state index in [4.69, 9.17) is 10.8 Å². The van der Waals surface area contributed by atoms with Crippen LogP contribution in [0.5, 0.6) is 0 Å². The number of hydrogen-bond acceptors (Lipinski definition) is 18. The quantitative estimate of drug-likeness (QED) is 0.0290. The summed E-state index contributed by atoms with van der Waals surface area (Å²) >= 11 is 0. The third-order valence-corrected chi connectivity index (χ3v) is 12.4. The molecule has 0 aliphatic heterocycles. The molecule has 19 N–H and O–H groups in total. The van der Waals surface area contributed by atoms with E-state index in [9.17, 15) is 81.5 Å². The van der Waals surface area contributed by atoms with E-state index in [1.807, 2.05) is 0 Å². The first-order valence-electron chi connectivity index (χ1n) is 27.4. The van der Waals surface area contributed by atoms with Crippen molar-refractivity contribution in [2.24, 2.45) is 5.73 Å². The fourth-order valence-corrected chi connectivity index (χ4v) is 6.47. The lowest BCUT2D eigenvalue weighted by Crippen LogP contribution is -2.59. The molecule has 17 atom stereocenters. The molecule has 0 saturated heterocycles. The van der Waals surface area contributed by atoms with Gasteiger partial charge in [-0.1, -0.05) is 0 Å². The Morgan fingerprint density at radius 1 is 0.186 bits per heavy atom. The standard InChI is InChI=1S/C51H87N17O18/c1-18(52)35(69)53-19(2)36(70)54-20(3)37(71)55-21(4)38(72)56-22(5)39(73)57-23(6)40(74)58-24(7)41(75)59-25(8)42(76)60-26(9)43(77)61-27(10)44(78)62-28(11)45(79)63-29(12)46(80)64-30(13)47(81)65-31(14)48(82)66-32(15)49(83)67-33(16)50(84)68-34(17)51(85)86/h18-34H,52H2,1-17H3,(H,53,69)(H,54,70)(H,55,71)(H,56,72)(H,57,73)(H,58,74)(H,59,75)(H,60,76)(H,61,77)(H,62,78)(H,63,79)(H,64,80)(H,65,81)(H,66,82)(H,67,83)(H,68,84)(H,85,86)/t18-,19-,20-,21-,22-,23-,24-,25-,26-,27-,28-,29-,30-,31-,32-,33-,34-/m0/s1. The molecule has 35 nitrogen and oxygen atoms in total. The normalized spacial score (nSPS) is 16.8. The average molecular weight is 1230 g/mol. The summed E-state index contributed by atoms with van der Waals surface area (Å²) in [6, 6.07) is -20.4. The number of hydrogen-bond donors (Lipinski definition) is 18. The molecule has 0 fully saturated rings. The number of carboxylic acid groups (broad SMARTS) is 1. The number of nitrogens with two attached hydrogens (primary N) is 1. The lowest BCUT2D eigenvalue weighted by Gasteiger charge is -2.24. The highest BCUT2D eigenvalue weighted by atomic mass is 16.4. The molecule has 0 radical (unpaired) electrons. The Kier molecular flexibility index (Phi) is 32.2. The highest BCUT2D eigenvalue weighted by Crippen LogP contribution is 2.00. The van der Waals surface area contributed by atoms with E-state index in [0.29, 0.717) is 0 Å². The molecular formula is C51H87N17O18. The first kappa shape index (κ1) is 77.0. The maximum absolute atomic E-state index is 13.0. The minimum Gasteiger partial charge on any atom is -0.480 e. The van der Waals surface area contributed by atoms with Gasteiger partial charge in [-0.05, 0) is 118 Å². The van der Waals surface area contributed by atoms with Crippen LogP contribution in [0.1, 0.15) is 118 Å². The lowest BCUT2D eigenvalue weighted by atomic mass is 10.2. The van der Waals surface area contributed by atoms with Gasteiger partial charge in [0.1, 0.15) is 96.7 Å². The molecule has 0 aliphatic rings. The molecule has 0 saturated carbocycles. The van der Waals surface area contributed by atoms with Crippen molar-refractivity contribution >= 4 is 100 Å². The number of aliphatic carboxylic acids is 1. The molecule has 0 heterocycles. The zero-order valence-corrected chi connectivity index (χ0v) is 51.3. The van der Waals surface area contributed by atoms with Crippen LogP contribution in [0.3, 0.4) is 0 Å². The van der Waals surface area contributed by atoms with Crippen LogP contribution in [0.15, 0.2) is 0 Å². The fourth-order valence-electron chi connectivity index (χ4n) is 6.47. The first-order valence-corrected chi connectivity index (χ1v) is 27.4. The largest absolute Gasteiger partial charge is 0.480 e. The Bertz CT molecular complexity index is 2550. The van der Waals surface area contributed by atoms with Gasteiger partial charge in [-0.2, -0.15) is 0 Å². The highest BCUT2D eigenvalue weighted by molar-refractivity contribution is 6.00. The SMILES string of the molecule is C[C@H](N)C(=O)N[C@@H](C)C(=O)N[C@@H](C)C(=O)N[C@@H](C)C(=O)N[C@@H](C)C(=O)N[C@@H](C)C(=O)N[C@@H](C)C(=O)N[C@@H](C)C(=O)N[C@@H](C)C(=O)N[C@@H](C)C(=O)N[C@@H](C)C(=O)N[C@@H](C)C(=O)N[C@@H](C)C(=O)N[C@@H](C)C(=O)N[C@@H](C)C(=O)N[C@@H](C)C(=O)N[C@@H](C)C(=O)O. The van der Waals surface area contributed by atoms with Gasteiger partial charge in [-0.15, -0.1) is 0 Å². The van der Waals surface area contributed by atoms with E-state index in [-0.39, 0.29) is 0 Å². The van der Waals surface area contributed by atoms with Gasteiger partial charge in [0.15, 0.2) is 0 Å². The fraction of sp³-hybridized carbons (Fsp3) is 0.667. The van der Waals surface area contributed by atoms with Crippen molar-refractivity contribution in [2.45, 2.75) is 220 Å². The Balaban J connectivity index is 5.00. The first-order chi connectivity index (χ1) is 39.5. The van der Waals surface area contributed by atoms with Crippen LogP contribution in [0.2, 0.25) is 0 Å². The van der Waals surface area contributed by atoms with Crippen LogP contribution in [-0.2, 0) is 81.5 Å². The second kappa shape index (κ2) is 35.9. The Labute approximate surface area is 497 Å². The number of carbonyl (C=O) groups excluding carboxylic acids is 16. The number of carboxylic acids is 1. The zero-order chi connectivity index (χ0) is 66.9. The number of carbonyl (C=O) groups is 17. The van der Waals surface area contributed by atoms with Gasteiger partial charge in [0.2, 0.25) is 94.5 Å². The van der Waals surface area contributed by atoms with E-state index in [0.717, 1.165) is 0 Å². The number of rotatable bonds is 33. The van der Waals surface area contributed by atoms with Gasteiger partial charge in [-0.3, -0.25) is 81.5 Å². The second-order valence-corrected chi connectivity index (χ2v) is 20.8. The van der Waals surface area contributed by atoms with E-state index >= 15 is 0 Å². The van der Waals surface area contributed by atoms with Crippen LogP contribution in [0.25, 0.3) is 0 Å². The van der Waals surface area contributed by atoms with Gasteiger partial charge in [0.05, 0.1) is 6.04 Å². The van der Waals surface area contributed by atoms with Gasteiger partial charge < -0.3 is 95.9 Å². The molecular weight excluding hydrogens is 1140 g/mol. The molecule has 16 amide bonds. The molecule has 0 spiro atoms. The Morgan fingerprint density at radius 2 is 0.267 bits per heavy atom. The summed E-state index contributed by atoms with van der Waals surface area (Å²) in [5.74, 6) is -14.1. The van der Waals surface area contributed by atoms with Crippen molar-refractivity contribution in [1.29, 1.82) is 0 Å². The van der Waals surface area contributed by atoms with E-state index in [1.165, 1.54) is 118 Å². The predicted octanol–water partition coefficient (Wildman–Crippen LogP) is -8.51. The van der Waals surface area contributed by atoms with Crippen LogP contribution >= 0.6 is 0 Å². The zero-order valence-electron chi connectivity index (χ0n) is 51.3. The third-order valence-electron chi connectivity index (χ3n) is 12.4. The smallest absolute Gasteiger partial charge is 0.325 e. The van der Waals surface area contributed by atoms with Gasteiger partial charge in [-0.25, -0.2) is 0 Å². The van der Waals surface area contributed by atoms with Crippen molar-refractivity contribution in [3.8, 4) is 0 Å². The van der Waals surface area contributed by atoms with E-state index < -0.39 is 203 Å². The number of amides is 16. The third kappa shape index (κ3) is 27.1. The number of nitrogens with one attached hydrogen (secondary N) is 16. The van der Waals surface area contributed by atoms with Crippen LogP contribution < -0.4 is 90.8 Å². The molecule has 0 aromatic carbocycles. The summed E-state index contributed by atoms with van der Waals surface area (Å²) in [6.07, 6.45) is 0. The van der Waals surface area contributed by atoms with Crippen LogP contribution in [0.4, 0.5) is 0 Å². The summed E-state index contributed by atoms with van der Waals surface area (Å²) < 4.78 is 0. The molecule has 0 rings (SSSR count). The summed E-state index contributed by atoms with van der Waals surface area (Å²) in [5.41, 5.74) is 5.48. The molecule has 0 aromatic rings. The average Bonchev–Trinajstić information content (AvgIpc) is 3.60. The highest BCUT2D eigenvalue weighted by Gasteiger charge is 2.32. The second-order valence-electron chi connectivity index (χ2n) is 20.8. The van der Waals surface area contributed by atoms with E-state index in [2.05, 4.69) is 85.1 Å². The van der Waals surface area contributed by atoms with Gasteiger partial charge in [0.25, 0.3) is 0 Å². The van der Waals surface area contributed by atoms with Crippen LogP contribution in [0, 0.1) is 0 Å². The van der Waals surface area contributed by atoms with Crippen LogP contribution in [-0.4, -0.2) is 208 Å². The summed E-state index contributed by atoms with van der Waals surface area (Å²) in [6.45, 7) is 22.1. The predicted molar refractivity (Wildman–Crippen MR) is 303 cm³/mol. The van der Waals surface area contributed by atoms with Crippen molar-refractivity contribution in [2.75, 3.05) is 0 Å². The summed E-state index contributed by atoms with van der Waals surface area (Å²) in [4.78, 5) is 214. The van der Waals surface area contributed by atoms with Crippen molar-refractivity contribution in [1.82, 2.24) is 85.1 Å². The monoisotopic (exact) mass is 1230 g/mol. The minimum absolute atomic E-state index is 0.587. The molecule has 0 unspecified atom stereocenters. The topological polar surface area (TPSA) is 529 Å². The lowest BCUT2D eigenvalue weighted by molar-refractivity contribution is -0.141. The molecule has 0 bridgehead atoms. The van der Waals surface area contributed by atoms with Crippen molar-refractivity contribution < 1.29 is 86.6 Å². The summed E-state index contributed by atoms with van der Waals surface area (Å²) in [5, 5.41) is 46.7.